The van der Waals surface area contributed by atoms with Crippen LogP contribution in [0.25, 0.3) is 0 Å². The van der Waals surface area contributed by atoms with Crippen molar-refractivity contribution in [2.75, 3.05) is 39.0 Å². The molecule has 0 saturated carbocycles. The molecule has 0 aliphatic carbocycles. The number of nitrogens with one attached hydrogen (secondary N) is 1. The summed E-state index contributed by atoms with van der Waals surface area (Å²) < 4.78 is 1.90. The van der Waals surface area contributed by atoms with Gasteiger partial charge in [0.15, 0.2) is 0 Å². The van der Waals surface area contributed by atoms with Crippen molar-refractivity contribution in [2.45, 2.75) is 19.9 Å². The van der Waals surface area contributed by atoms with Gasteiger partial charge < -0.3 is 15.2 Å². The standard InChI is InChI=1S/C13H23N5O/c1-10(2)18-9-11(14)8-12(18)13(19)15-17-6-4-16(3)5-7-17/h8-10H,4-7,14H2,1-3H3,(H,15,19). The van der Waals surface area contributed by atoms with Gasteiger partial charge in [0, 0.05) is 38.4 Å². The van der Waals surface area contributed by atoms with E-state index in [9.17, 15) is 4.79 Å². The molecule has 106 valence electrons. The highest BCUT2D eigenvalue weighted by Gasteiger charge is 2.19. The van der Waals surface area contributed by atoms with Crippen molar-refractivity contribution in [3.63, 3.8) is 0 Å². The van der Waals surface area contributed by atoms with E-state index in [1.807, 2.05) is 29.6 Å². The summed E-state index contributed by atoms with van der Waals surface area (Å²) in [7, 11) is 2.09. The molecule has 2 heterocycles. The number of carbonyl (C=O) groups excluding carboxylic acids is 1. The van der Waals surface area contributed by atoms with E-state index < -0.39 is 0 Å². The number of nitrogens with zero attached hydrogens (tertiary/aromatic N) is 3. The Hall–Kier alpha value is -1.53. The maximum Gasteiger partial charge on any atom is 0.282 e. The number of rotatable bonds is 3. The first-order valence-electron chi connectivity index (χ1n) is 6.69. The summed E-state index contributed by atoms with van der Waals surface area (Å²) >= 11 is 0. The Bertz CT molecular complexity index is 446. The van der Waals surface area contributed by atoms with Gasteiger partial charge in [0.05, 0.1) is 5.69 Å². The number of likely N-dealkylation sites (N-methyl/N-ethyl adjacent to an activating group) is 1. The molecule has 0 aromatic carbocycles. The average Bonchev–Trinajstić information content (AvgIpc) is 2.74. The zero-order valence-electron chi connectivity index (χ0n) is 11.9. The van der Waals surface area contributed by atoms with Gasteiger partial charge in [-0.3, -0.25) is 10.2 Å². The number of amides is 1. The Morgan fingerprint density at radius 2 is 1.95 bits per heavy atom. The Morgan fingerprint density at radius 3 is 2.53 bits per heavy atom. The average molecular weight is 265 g/mol. The fraction of sp³-hybridized carbons (Fsp3) is 0.615. The normalized spacial score (nSPS) is 17.9. The van der Waals surface area contributed by atoms with Gasteiger partial charge in [0.2, 0.25) is 0 Å². The zero-order chi connectivity index (χ0) is 14.0. The van der Waals surface area contributed by atoms with Crippen LogP contribution in [0.4, 0.5) is 5.69 Å². The molecule has 3 N–H and O–H groups in total. The molecule has 1 saturated heterocycles. The van der Waals surface area contributed by atoms with Crippen molar-refractivity contribution in [3.05, 3.63) is 18.0 Å². The third kappa shape index (κ3) is 3.27. The quantitative estimate of drug-likeness (QED) is 0.837. The lowest BCUT2D eigenvalue weighted by Gasteiger charge is -2.32. The fourth-order valence-corrected chi connectivity index (χ4v) is 2.23. The van der Waals surface area contributed by atoms with Crippen LogP contribution in [0.15, 0.2) is 12.3 Å². The van der Waals surface area contributed by atoms with Crippen LogP contribution in [-0.2, 0) is 0 Å². The van der Waals surface area contributed by atoms with Crippen LogP contribution in [-0.4, -0.2) is 53.6 Å². The minimum Gasteiger partial charge on any atom is -0.397 e. The monoisotopic (exact) mass is 265 g/mol. The lowest BCUT2D eigenvalue weighted by Crippen LogP contribution is -2.52. The Kier molecular flexibility index (Phi) is 4.11. The predicted octanol–water partition coefficient (Wildman–Crippen LogP) is 0.543. The number of aromatic nitrogens is 1. The number of nitrogen functional groups attached to an aromatic ring is 1. The van der Waals surface area contributed by atoms with E-state index in [0.717, 1.165) is 26.2 Å². The highest BCUT2D eigenvalue weighted by molar-refractivity contribution is 5.93. The van der Waals surface area contributed by atoms with E-state index in [4.69, 9.17) is 5.73 Å². The molecule has 0 atom stereocenters. The Balaban J connectivity index is 2.03. The molecule has 1 aliphatic rings. The summed E-state index contributed by atoms with van der Waals surface area (Å²) in [5.74, 6) is -0.0880. The van der Waals surface area contributed by atoms with Crippen molar-refractivity contribution in [1.82, 2.24) is 19.9 Å². The van der Waals surface area contributed by atoms with E-state index in [-0.39, 0.29) is 11.9 Å². The van der Waals surface area contributed by atoms with Crippen LogP contribution < -0.4 is 11.2 Å². The van der Waals surface area contributed by atoms with Crippen LogP contribution >= 0.6 is 0 Å². The Labute approximate surface area is 114 Å². The molecule has 1 fully saturated rings. The molecule has 0 bridgehead atoms. The number of piperazine rings is 1. The molecule has 0 spiro atoms. The molecular formula is C13H23N5O. The third-order valence-electron chi connectivity index (χ3n) is 3.42. The highest BCUT2D eigenvalue weighted by Crippen LogP contribution is 2.16. The topological polar surface area (TPSA) is 66.5 Å². The van der Waals surface area contributed by atoms with Gasteiger partial charge in [-0.1, -0.05) is 0 Å². The second-order valence-corrected chi connectivity index (χ2v) is 5.39. The number of hydrogen-bond acceptors (Lipinski definition) is 4. The van der Waals surface area contributed by atoms with Crippen LogP contribution in [0.2, 0.25) is 0 Å². The molecular weight excluding hydrogens is 242 g/mol. The summed E-state index contributed by atoms with van der Waals surface area (Å²) in [4.78, 5) is 14.5. The molecule has 1 aromatic heterocycles. The SMILES string of the molecule is CC(C)n1cc(N)cc1C(=O)NN1CCN(C)CC1. The van der Waals surface area contributed by atoms with Crippen LogP contribution in [0, 0.1) is 0 Å². The smallest absolute Gasteiger partial charge is 0.282 e. The summed E-state index contributed by atoms with van der Waals surface area (Å²) in [6.45, 7) is 7.69. The highest BCUT2D eigenvalue weighted by atomic mass is 16.2. The van der Waals surface area contributed by atoms with Crippen molar-refractivity contribution < 1.29 is 4.79 Å². The van der Waals surface area contributed by atoms with E-state index >= 15 is 0 Å². The van der Waals surface area contributed by atoms with Crippen LogP contribution in [0.1, 0.15) is 30.4 Å². The number of hydrogen-bond donors (Lipinski definition) is 2. The first-order valence-corrected chi connectivity index (χ1v) is 6.69. The van der Waals surface area contributed by atoms with Crippen LogP contribution in [0.5, 0.6) is 0 Å². The Morgan fingerprint density at radius 1 is 1.32 bits per heavy atom. The number of anilines is 1. The largest absolute Gasteiger partial charge is 0.397 e. The lowest BCUT2D eigenvalue weighted by atomic mass is 10.3. The van der Waals surface area contributed by atoms with Crippen molar-refractivity contribution >= 4 is 11.6 Å². The summed E-state index contributed by atoms with van der Waals surface area (Å²) in [5.41, 5.74) is 9.98. The van der Waals surface area contributed by atoms with Crippen molar-refractivity contribution in [2.24, 2.45) is 0 Å². The number of carbonyl (C=O) groups is 1. The lowest BCUT2D eigenvalue weighted by molar-refractivity contribution is 0.0652. The van der Waals surface area contributed by atoms with E-state index in [1.54, 1.807) is 6.07 Å². The molecule has 0 unspecified atom stereocenters. The van der Waals surface area contributed by atoms with Crippen molar-refractivity contribution in [1.29, 1.82) is 0 Å². The first kappa shape index (κ1) is 13.9. The van der Waals surface area contributed by atoms with Gasteiger partial charge in [0.25, 0.3) is 5.91 Å². The summed E-state index contributed by atoms with van der Waals surface area (Å²) in [5, 5.41) is 1.97. The molecule has 1 aromatic rings. The molecule has 6 heteroatoms. The van der Waals surface area contributed by atoms with Gasteiger partial charge >= 0.3 is 0 Å². The zero-order valence-corrected chi connectivity index (χ0v) is 11.9. The van der Waals surface area contributed by atoms with Gasteiger partial charge in [-0.05, 0) is 27.0 Å². The molecule has 0 radical (unpaired) electrons. The van der Waals surface area contributed by atoms with Gasteiger partial charge in [-0.25, -0.2) is 5.01 Å². The summed E-state index contributed by atoms with van der Waals surface area (Å²) in [6.07, 6.45) is 1.81. The van der Waals surface area contributed by atoms with Gasteiger partial charge in [-0.2, -0.15) is 0 Å². The van der Waals surface area contributed by atoms with E-state index in [1.165, 1.54) is 0 Å². The van der Waals surface area contributed by atoms with E-state index in [2.05, 4.69) is 17.4 Å². The second kappa shape index (κ2) is 5.63. The second-order valence-electron chi connectivity index (χ2n) is 5.39. The molecule has 2 rings (SSSR count). The van der Waals surface area contributed by atoms with Crippen LogP contribution in [0.3, 0.4) is 0 Å². The molecule has 6 nitrogen and oxygen atoms in total. The maximum absolute atomic E-state index is 12.3. The predicted molar refractivity (Wildman–Crippen MR) is 75.8 cm³/mol. The molecule has 1 amide bonds. The maximum atomic E-state index is 12.3. The first-order chi connectivity index (χ1) is 8.97. The van der Waals surface area contributed by atoms with Gasteiger partial charge in [0.1, 0.15) is 5.69 Å². The summed E-state index contributed by atoms with van der Waals surface area (Å²) in [6, 6.07) is 1.94. The minimum atomic E-state index is -0.0880. The molecule has 19 heavy (non-hydrogen) atoms. The minimum absolute atomic E-state index is 0.0880. The van der Waals surface area contributed by atoms with E-state index in [0.29, 0.717) is 11.4 Å². The number of hydrazine groups is 1. The molecule has 1 aliphatic heterocycles. The number of nitrogens with two attached hydrogens (primary N) is 1. The van der Waals surface area contributed by atoms with Crippen molar-refractivity contribution in [3.8, 4) is 0 Å². The third-order valence-corrected chi connectivity index (χ3v) is 3.42. The fourth-order valence-electron chi connectivity index (χ4n) is 2.23. The van der Waals surface area contributed by atoms with Gasteiger partial charge in [-0.15, -0.1) is 0 Å².